The predicted molar refractivity (Wildman–Crippen MR) is 112 cm³/mol. The highest BCUT2D eigenvalue weighted by Crippen LogP contribution is 2.28. The van der Waals surface area contributed by atoms with Crippen molar-refractivity contribution in [2.45, 2.75) is 32.0 Å². The Bertz CT molecular complexity index is 1160. The van der Waals surface area contributed by atoms with Crippen molar-refractivity contribution in [2.24, 2.45) is 0 Å². The van der Waals surface area contributed by atoms with Crippen LogP contribution in [0.5, 0.6) is 5.75 Å². The molecule has 0 bridgehead atoms. The summed E-state index contributed by atoms with van der Waals surface area (Å²) >= 11 is 0. The van der Waals surface area contributed by atoms with Crippen LogP contribution < -0.4 is 15.4 Å². The quantitative estimate of drug-likeness (QED) is 0.537. The summed E-state index contributed by atoms with van der Waals surface area (Å²) in [5.74, 6) is 4.32. The van der Waals surface area contributed by atoms with Crippen molar-refractivity contribution in [2.75, 3.05) is 7.11 Å². The van der Waals surface area contributed by atoms with E-state index in [1.54, 1.807) is 24.3 Å². The van der Waals surface area contributed by atoms with Crippen LogP contribution in [0.4, 0.5) is 0 Å². The summed E-state index contributed by atoms with van der Waals surface area (Å²) in [5.41, 5.74) is 2.56. The first-order chi connectivity index (χ1) is 15.4. The maximum absolute atomic E-state index is 12.7. The molecule has 4 rings (SSSR count). The number of amides is 4. The number of aromatic nitrogens is 1. The number of piperidine rings is 1. The van der Waals surface area contributed by atoms with Crippen molar-refractivity contribution >= 4 is 23.6 Å². The molecular formula is C23H20N4O5. The molecule has 1 aromatic heterocycles. The minimum absolute atomic E-state index is 0.209. The van der Waals surface area contributed by atoms with Gasteiger partial charge in [-0.15, -0.1) is 0 Å². The number of fused-ring (bicyclic) bond motifs is 1. The number of imide groups is 1. The van der Waals surface area contributed by atoms with Gasteiger partial charge in [-0.25, -0.2) is 4.98 Å². The number of carbonyl (C=O) groups excluding carboxylic acids is 4. The maximum atomic E-state index is 12.7. The van der Waals surface area contributed by atoms with Gasteiger partial charge in [0.2, 0.25) is 11.8 Å². The minimum atomic E-state index is -0.655. The second kappa shape index (κ2) is 8.89. The summed E-state index contributed by atoms with van der Waals surface area (Å²) in [7, 11) is 1.54. The lowest BCUT2D eigenvalue weighted by molar-refractivity contribution is -0.137. The first kappa shape index (κ1) is 21.1. The van der Waals surface area contributed by atoms with Gasteiger partial charge < -0.3 is 15.0 Å². The number of methoxy groups -OCH3 is 1. The van der Waals surface area contributed by atoms with E-state index in [4.69, 9.17) is 4.74 Å². The smallest absolute Gasteiger partial charge is 0.296 e. The molecule has 0 radical (unpaired) electrons. The topological polar surface area (TPSA) is 118 Å². The first-order valence-electron chi connectivity index (χ1n) is 10.0. The molecule has 2 aliphatic rings. The Hall–Kier alpha value is -4.19. The third-order valence-electron chi connectivity index (χ3n) is 5.32. The van der Waals surface area contributed by atoms with Gasteiger partial charge in [-0.3, -0.25) is 24.5 Å². The Labute approximate surface area is 184 Å². The number of rotatable bonds is 4. The van der Waals surface area contributed by atoms with Crippen LogP contribution >= 0.6 is 0 Å². The third kappa shape index (κ3) is 4.44. The zero-order chi connectivity index (χ0) is 22.7. The molecule has 1 saturated heterocycles. The zero-order valence-corrected chi connectivity index (χ0v) is 17.3. The number of benzene rings is 1. The molecule has 2 aromatic rings. The van der Waals surface area contributed by atoms with E-state index in [0.717, 1.165) is 11.1 Å². The van der Waals surface area contributed by atoms with Crippen LogP contribution in [0.15, 0.2) is 36.5 Å². The number of ether oxygens (including phenoxy) is 1. The summed E-state index contributed by atoms with van der Waals surface area (Å²) in [4.78, 5) is 53.8. The van der Waals surface area contributed by atoms with Crippen molar-refractivity contribution < 1.29 is 23.9 Å². The second-order valence-electron chi connectivity index (χ2n) is 7.41. The Balaban J connectivity index is 1.37. The Morgan fingerprint density at radius 3 is 2.84 bits per heavy atom. The highest BCUT2D eigenvalue weighted by molar-refractivity contribution is 6.05. The van der Waals surface area contributed by atoms with E-state index in [2.05, 4.69) is 27.5 Å². The van der Waals surface area contributed by atoms with Gasteiger partial charge in [-0.05, 0) is 41.7 Å². The standard InChI is InChI=1S/C23H20N4O5/c1-32-17-5-3-16(24-12-17)4-8-20(28)25-11-14-2-6-18-15(10-14)13-27(23(18)31)19-7-9-21(29)26-22(19)30/h2-3,5-6,10,12,19H,7,9,11,13H2,1H3,(H,25,28)(H,26,29,30). The van der Waals surface area contributed by atoms with E-state index in [1.165, 1.54) is 18.2 Å². The van der Waals surface area contributed by atoms with Crippen molar-refractivity contribution in [1.82, 2.24) is 20.5 Å². The van der Waals surface area contributed by atoms with Crippen LogP contribution in [0, 0.1) is 11.8 Å². The molecule has 9 heteroatoms. The summed E-state index contributed by atoms with van der Waals surface area (Å²) in [5, 5.41) is 5.00. The second-order valence-corrected chi connectivity index (χ2v) is 7.41. The highest BCUT2D eigenvalue weighted by atomic mass is 16.5. The lowest BCUT2D eigenvalue weighted by Crippen LogP contribution is -2.52. The fraction of sp³-hybridized carbons (Fsp3) is 0.261. The molecule has 0 aliphatic carbocycles. The molecule has 4 amide bonds. The number of hydrogen-bond acceptors (Lipinski definition) is 6. The lowest BCUT2D eigenvalue weighted by atomic mass is 10.0. The minimum Gasteiger partial charge on any atom is -0.495 e. The van der Waals surface area contributed by atoms with Crippen molar-refractivity contribution in [3.63, 3.8) is 0 Å². The SMILES string of the molecule is COc1ccc(C#CC(=O)NCc2ccc3c(c2)CN(C2CCC(=O)NC2=O)C3=O)nc1. The van der Waals surface area contributed by atoms with E-state index in [0.29, 0.717) is 23.4 Å². The molecule has 1 fully saturated rings. The summed E-state index contributed by atoms with van der Waals surface area (Å²) in [6, 6.07) is 7.99. The average Bonchev–Trinajstić information content (AvgIpc) is 3.12. The number of pyridine rings is 1. The van der Waals surface area contributed by atoms with Gasteiger partial charge in [0.1, 0.15) is 17.5 Å². The van der Waals surface area contributed by atoms with E-state index in [-0.39, 0.29) is 31.3 Å². The van der Waals surface area contributed by atoms with E-state index < -0.39 is 17.9 Å². The molecule has 32 heavy (non-hydrogen) atoms. The number of hydrogen-bond donors (Lipinski definition) is 2. The zero-order valence-electron chi connectivity index (χ0n) is 17.3. The molecule has 1 atom stereocenters. The Morgan fingerprint density at radius 1 is 1.28 bits per heavy atom. The van der Waals surface area contributed by atoms with Crippen molar-refractivity contribution in [3.05, 3.63) is 58.9 Å². The molecule has 0 spiro atoms. The molecule has 9 nitrogen and oxygen atoms in total. The molecule has 3 heterocycles. The fourth-order valence-electron chi connectivity index (χ4n) is 3.66. The Morgan fingerprint density at radius 2 is 2.12 bits per heavy atom. The molecule has 2 N–H and O–H groups in total. The monoisotopic (exact) mass is 432 g/mol. The molecule has 2 aliphatic heterocycles. The molecule has 1 unspecified atom stereocenters. The van der Waals surface area contributed by atoms with Gasteiger partial charge in [0.15, 0.2) is 0 Å². The van der Waals surface area contributed by atoms with Gasteiger partial charge in [-0.2, -0.15) is 0 Å². The van der Waals surface area contributed by atoms with Crippen LogP contribution in [0.2, 0.25) is 0 Å². The highest BCUT2D eigenvalue weighted by Gasteiger charge is 2.38. The van der Waals surface area contributed by atoms with Gasteiger partial charge in [-0.1, -0.05) is 12.1 Å². The fourth-order valence-corrected chi connectivity index (χ4v) is 3.66. The van der Waals surface area contributed by atoms with E-state index in [9.17, 15) is 19.2 Å². The van der Waals surface area contributed by atoms with Gasteiger partial charge in [0, 0.05) is 31.0 Å². The predicted octanol–water partition coefficient (Wildman–Crippen LogP) is 0.519. The molecule has 0 saturated carbocycles. The first-order valence-corrected chi connectivity index (χ1v) is 10.0. The Kier molecular flexibility index (Phi) is 5.85. The van der Waals surface area contributed by atoms with Crippen molar-refractivity contribution in [1.29, 1.82) is 0 Å². The van der Waals surface area contributed by atoms with Crippen LogP contribution in [0.3, 0.4) is 0 Å². The lowest BCUT2D eigenvalue weighted by Gasteiger charge is -2.29. The van der Waals surface area contributed by atoms with E-state index in [1.807, 2.05) is 6.07 Å². The summed E-state index contributed by atoms with van der Waals surface area (Å²) in [6.45, 7) is 0.522. The van der Waals surface area contributed by atoms with Gasteiger partial charge in [0.25, 0.3) is 11.8 Å². The van der Waals surface area contributed by atoms with Crippen LogP contribution in [-0.4, -0.2) is 46.7 Å². The average molecular weight is 432 g/mol. The third-order valence-corrected chi connectivity index (χ3v) is 5.32. The van der Waals surface area contributed by atoms with Crippen LogP contribution in [0.25, 0.3) is 0 Å². The summed E-state index contributed by atoms with van der Waals surface area (Å²) in [6.07, 6.45) is 2.04. The van der Waals surface area contributed by atoms with Crippen LogP contribution in [0.1, 0.15) is 40.0 Å². The normalized spacial score (nSPS) is 17.2. The number of nitrogens with zero attached hydrogens (tertiary/aromatic N) is 2. The summed E-state index contributed by atoms with van der Waals surface area (Å²) < 4.78 is 5.02. The molecular weight excluding hydrogens is 412 g/mol. The van der Waals surface area contributed by atoms with Crippen molar-refractivity contribution in [3.8, 4) is 17.6 Å². The number of carbonyl (C=O) groups is 4. The number of nitrogens with one attached hydrogen (secondary N) is 2. The van der Waals surface area contributed by atoms with Crippen LogP contribution in [-0.2, 0) is 27.5 Å². The molecule has 1 aromatic carbocycles. The van der Waals surface area contributed by atoms with Gasteiger partial charge >= 0.3 is 0 Å². The van der Waals surface area contributed by atoms with Gasteiger partial charge in [0.05, 0.1) is 13.3 Å². The van der Waals surface area contributed by atoms with E-state index >= 15 is 0 Å². The largest absolute Gasteiger partial charge is 0.495 e. The molecule has 162 valence electrons. The maximum Gasteiger partial charge on any atom is 0.296 e.